The van der Waals surface area contributed by atoms with Crippen LogP contribution in [0.2, 0.25) is 0 Å². The Kier molecular flexibility index (Phi) is 6.71. The predicted octanol–water partition coefficient (Wildman–Crippen LogP) is 3.64. The molecule has 0 radical (unpaired) electrons. The summed E-state index contributed by atoms with van der Waals surface area (Å²) in [6.45, 7) is 0.185. The molecule has 2 aromatic carbocycles. The number of rotatable bonds is 8. The van der Waals surface area contributed by atoms with Gasteiger partial charge in [-0.3, -0.25) is 4.79 Å². The van der Waals surface area contributed by atoms with Gasteiger partial charge in [-0.15, -0.1) is 10.2 Å². The van der Waals surface area contributed by atoms with E-state index in [1.807, 2.05) is 0 Å². The van der Waals surface area contributed by atoms with Crippen LogP contribution in [0.1, 0.15) is 5.56 Å². The lowest BCUT2D eigenvalue weighted by atomic mass is 10.2. The van der Waals surface area contributed by atoms with E-state index in [9.17, 15) is 9.18 Å². The maximum Gasteiger partial charge on any atom is 0.277 e. The molecule has 3 aromatic rings. The van der Waals surface area contributed by atoms with Crippen molar-refractivity contribution in [2.75, 3.05) is 27.0 Å². The number of benzene rings is 2. The molecule has 0 unspecified atom stereocenters. The minimum atomic E-state index is -0.338. The fourth-order valence-electron chi connectivity index (χ4n) is 2.52. The monoisotopic (exact) mass is 417 g/mol. The molecule has 0 spiro atoms. The van der Waals surface area contributed by atoms with Gasteiger partial charge in [-0.1, -0.05) is 30.0 Å². The molecule has 1 amide bonds. The molecule has 0 fully saturated rings. The standard InChI is InChI=1S/C20H20FN3O4S/c1-24(11-13-6-4-5-7-17(13)21)18(25)12-29-20-23-22-19(28-20)14-8-15(26-2)10-16(9-14)27-3/h4-10H,11-12H2,1-3H3. The average Bonchev–Trinajstić information content (AvgIpc) is 3.22. The minimum absolute atomic E-state index is 0.0913. The summed E-state index contributed by atoms with van der Waals surface area (Å²) in [6, 6.07) is 11.6. The molecule has 0 aliphatic rings. The van der Waals surface area contributed by atoms with Crippen molar-refractivity contribution >= 4 is 17.7 Å². The highest BCUT2D eigenvalue weighted by Gasteiger charge is 2.16. The number of halogens is 1. The van der Waals surface area contributed by atoms with E-state index in [1.54, 1.807) is 57.7 Å². The van der Waals surface area contributed by atoms with Gasteiger partial charge in [0.2, 0.25) is 11.8 Å². The summed E-state index contributed by atoms with van der Waals surface area (Å²) in [5.41, 5.74) is 1.10. The van der Waals surface area contributed by atoms with Crippen LogP contribution in [0.3, 0.4) is 0 Å². The molecule has 29 heavy (non-hydrogen) atoms. The molecule has 0 bridgehead atoms. The lowest BCUT2D eigenvalue weighted by molar-refractivity contribution is -0.127. The third-order valence-electron chi connectivity index (χ3n) is 4.12. The summed E-state index contributed by atoms with van der Waals surface area (Å²) in [5.74, 6) is 1.05. The Morgan fingerprint density at radius 3 is 2.48 bits per heavy atom. The summed E-state index contributed by atoms with van der Waals surface area (Å²) < 4.78 is 29.8. The summed E-state index contributed by atoms with van der Waals surface area (Å²) in [6.07, 6.45) is 0. The smallest absolute Gasteiger partial charge is 0.277 e. The van der Waals surface area contributed by atoms with Crippen molar-refractivity contribution in [3.8, 4) is 23.0 Å². The van der Waals surface area contributed by atoms with Crippen molar-refractivity contribution in [2.45, 2.75) is 11.8 Å². The molecule has 1 aromatic heterocycles. The van der Waals surface area contributed by atoms with E-state index < -0.39 is 0 Å². The third-order valence-corrected chi connectivity index (χ3v) is 4.92. The highest BCUT2D eigenvalue weighted by Crippen LogP contribution is 2.30. The molecule has 3 rings (SSSR count). The number of carbonyl (C=O) groups is 1. The minimum Gasteiger partial charge on any atom is -0.497 e. The molecule has 7 nitrogen and oxygen atoms in total. The molecule has 0 saturated carbocycles. The van der Waals surface area contributed by atoms with Gasteiger partial charge < -0.3 is 18.8 Å². The lowest BCUT2D eigenvalue weighted by Gasteiger charge is -2.16. The molecule has 0 N–H and O–H groups in total. The Bertz CT molecular complexity index is 973. The highest BCUT2D eigenvalue weighted by atomic mass is 32.2. The maximum atomic E-state index is 13.7. The second-order valence-corrected chi connectivity index (χ2v) is 7.03. The van der Waals surface area contributed by atoms with Crippen LogP contribution in [-0.4, -0.2) is 48.0 Å². The van der Waals surface area contributed by atoms with Gasteiger partial charge in [0.1, 0.15) is 17.3 Å². The second kappa shape index (κ2) is 9.42. The molecule has 0 atom stereocenters. The molecule has 0 aliphatic carbocycles. The van der Waals surface area contributed by atoms with Crippen LogP contribution in [0, 0.1) is 5.82 Å². The van der Waals surface area contributed by atoms with E-state index in [0.29, 0.717) is 22.6 Å². The number of aromatic nitrogens is 2. The number of hydrogen-bond donors (Lipinski definition) is 0. The first-order chi connectivity index (χ1) is 14.0. The van der Waals surface area contributed by atoms with Crippen LogP contribution < -0.4 is 9.47 Å². The fraction of sp³-hybridized carbons (Fsp3) is 0.250. The third kappa shape index (κ3) is 5.26. The van der Waals surface area contributed by atoms with Crippen LogP contribution in [0.15, 0.2) is 52.1 Å². The zero-order chi connectivity index (χ0) is 20.8. The highest BCUT2D eigenvalue weighted by molar-refractivity contribution is 7.99. The summed E-state index contributed by atoms with van der Waals surface area (Å²) in [4.78, 5) is 13.8. The summed E-state index contributed by atoms with van der Waals surface area (Å²) in [7, 11) is 4.73. The number of hydrogen-bond acceptors (Lipinski definition) is 7. The van der Waals surface area contributed by atoms with Gasteiger partial charge in [-0.2, -0.15) is 0 Å². The lowest BCUT2D eigenvalue weighted by Crippen LogP contribution is -2.28. The number of amides is 1. The van der Waals surface area contributed by atoms with Gasteiger partial charge in [-0.05, 0) is 18.2 Å². The zero-order valence-electron chi connectivity index (χ0n) is 16.2. The Hall–Kier alpha value is -3.07. The van der Waals surface area contributed by atoms with E-state index in [-0.39, 0.29) is 35.1 Å². The van der Waals surface area contributed by atoms with Gasteiger partial charge in [0.15, 0.2) is 0 Å². The topological polar surface area (TPSA) is 77.7 Å². The van der Waals surface area contributed by atoms with Crippen LogP contribution in [0.25, 0.3) is 11.5 Å². The van der Waals surface area contributed by atoms with Gasteiger partial charge in [0, 0.05) is 30.8 Å². The Labute approximate surface area is 171 Å². The zero-order valence-corrected chi connectivity index (χ0v) is 17.0. The van der Waals surface area contributed by atoms with E-state index in [4.69, 9.17) is 13.9 Å². The molecule has 0 aliphatic heterocycles. The molecular formula is C20H20FN3O4S. The fourth-order valence-corrected chi connectivity index (χ4v) is 3.22. The largest absolute Gasteiger partial charge is 0.497 e. The van der Waals surface area contributed by atoms with Gasteiger partial charge in [-0.25, -0.2) is 4.39 Å². The van der Waals surface area contributed by atoms with Crippen LogP contribution in [0.4, 0.5) is 4.39 Å². The average molecular weight is 417 g/mol. The van der Waals surface area contributed by atoms with Crippen LogP contribution in [0.5, 0.6) is 11.5 Å². The first-order valence-corrected chi connectivity index (χ1v) is 9.66. The van der Waals surface area contributed by atoms with Crippen molar-refractivity contribution in [1.29, 1.82) is 0 Å². The van der Waals surface area contributed by atoms with E-state index in [1.165, 1.54) is 11.0 Å². The van der Waals surface area contributed by atoms with E-state index >= 15 is 0 Å². The van der Waals surface area contributed by atoms with Crippen molar-refractivity contribution < 1.29 is 23.1 Å². The first kappa shape index (κ1) is 20.7. The van der Waals surface area contributed by atoms with Crippen molar-refractivity contribution in [3.05, 3.63) is 53.8 Å². The van der Waals surface area contributed by atoms with Crippen LogP contribution in [-0.2, 0) is 11.3 Å². The Morgan fingerprint density at radius 1 is 1.14 bits per heavy atom. The SMILES string of the molecule is COc1cc(OC)cc(-c2nnc(SCC(=O)N(C)Cc3ccccc3F)o2)c1. The second-order valence-electron chi connectivity index (χ2n) is 6.10. The molecule has 0 saturated heterocycles. The number of ether oxygens (including phenoxy) is 2. The molecule has 1 heterocycles. The quantitative estimate of drug-likeness (QED) is 0.518. The number of methoxy groups -OCH3 is 2. The van der Waals surface area contributed by atoms with Crippen molar-refractivity contribution in [3.63, 3.8) is 0 Å². The van der Waals surface area contributed by atoms with Crippen LogP contribution >= 0.6 is 11.8 Å². The van der Waals surface area contributed by atoms with E-state index in [2.05, 4.69) is 10.2 Å². The van der Waals surface area contributed by atoms with Gasteiger partial charge in [0.25, 0.3) is 5.22 Å². The molecular weight excluding hydrogens is 397 g/mol. The normalized spacial score (nSPS) is 10.6. The Balaban J connectivity index is 1.62. The van der Waals surface area contributed by atoms with Gasteiger partial charge >= 0.3 is 0 Å². The number of nitrogens with zero attached hydrogens (tertiary/aromatic N) is 3. The summed E-state index contributed by atoms with van der Waals surface area (Å²) >= 11 is 1.12. The molecule has 9 heteroatoms. The van der Waals surface area contributed by atoms with Crippen molar-refractivity contribution in [2.24, 2.45) is 0 Å². The Morgan fingerprint density at radius 2 is 1.83 bits per heavy atom. The summed E-state index contributed by atoms with van der Waals surface area (Å²) in [5, 5.41) is 8.24. The predicted molar refractivity (Wildman–Crippen MR) is 106 cm³/mol. The van der Waals surface area contributed by atoms with E-state index in [0.717, 1.165) is 11.8 Å². The van der Waals surface area contributed by atoms with Gasteiger partial charge in [0.05, 0.1) is 20.0 Å². The number of carbonyl (C=O) groups excluding carboxylic acids is 1. The molecule has 152 valence electrons. The number of thioether (sulfide) groups is 1. The maximum absolute atomic E-state index is 13.7. The first-order valence-electron chi connectivity index (χ1n) is 8.67. The van der Waals surface area contributed by atoms with Crippen molar-refractivity contribution in [1.82, 2.24) is 15.1 Å².